The van der Waals surface area contributed by atoms with Gasteiger partial charge in [-0.2, -0.15) is 0 Å². The first-order chi connectivity index (χ1) is 7.56. The van der Waals surface area contributed by atoms with Crippen molar-refractivity contribution < 1.29 is 9.94 Å². The third kappa shape index (κ3) is 5.32. The Balaban J connectivity index is 4.36. The van der Waals surface area contributed by atoms with Gasteiger partial charge in [0.15, 0.2) is 0 Å². The highest BCUT2D eigenvalue weighted by molar-refractivity contribution is 5.80. The van der Waals surface area contributed by atoms with Crippen LogP contribution in [0.3, 0.4) is 0 Å². The summed E-state index contributed by atoms with van der Waals surface area (Å²) in [6, 6.07) is 0.720. The van der Waals surface area contributed by atoms with Crippen LogP contribution in [0.5, 0.6) is 0 Å². The van der Waals surface area contributed by atoms with E-state index in [1.807, 2.05) is 0 Å². The molecule has 5 heteroatoms. The molecule has 0 bridgehead atoms. The minimum Gasteiger partial charge on any atom is -0.409 e. The maximum Gasteiger partial charge on any atom is 0.140 e. The van der Waals surface area contributed by atoms with E-state index in [1.54, 1.807) is 7.11 Å². The van der Waals surface area contributed by atoms with Crippen molar-refractivity contribution in [2.45, 2.75) is 45.7 Å². The Morgan fingerprint density at radius 3 is 2.50 bits per heavy atom. The van der Waals surface area contributed by atoms with E-state index >= 15 is 0 Å². The van der Waals surface area contributed by atoms with Crippen LogP contribution < -0.4 is 5.73 Å². The Hall–Kier alpha value is -0.810. The number of rotatable bonds is 8. The van der Waals surface area contributed by atoms with Crippen molar-refractivity contribution in [3.05, 3.63) is 0 Å². The topological polar surface area (TPSA) is 71.1 Å². The van der Waals surface area contributed by atoms with Gasteiger partial charge in [0.2, 0.25) is 0 Å². The van der Waals surface area contributed by atoms with Crippen molar-refractivity contribution in [3.8, 4) is 0 Å². The van der Waals surface area contributed by atoms with Gasteiger partial charge in [0.25, 0.3) is 0 Å². The van der Waals surface area contributed by atoms with Gasteiger partial charge in [-0.3, -0.25) is 4.90 Å². The molecule has 0 aliphatic heterocycles. The summed E-state index contributed by atoms with van der Waals surface area (Å²) in [5.74, 6) is 0.276. The molecular formula is C11H25N3O2. The summed E-state index contributed by atoms with van der Waals surface area (Å²) < 4.78 is 5.10. The predicted octanol–water partition coefficient (Wildman–Crippen LogP) is 1.26. The molecule has 96 valence electrons. The number of methoxy groups -OCH3 is 1. The molecule has 16 heavy (non-hydrogen) atoms. The van der Waals surface area contributed by atoms with Crippen molar-refractivity contribution in [1.29, 1.82) is 0 Å². The van der Waals surface area contributed by atoms with Crippen LogP contribution in [0.15, 0.2) is 5.16 Å². The van der Waals surface area contributed by atoms with E-state index in [9.17, 15) is 0 Å². The van der Waals surface area contributed by atoms with Crippen molar-refractivity contribution >= 4 is 5.84 Å². The van der Waals surface area contributed by atoms with Gasteiger partial charge in [-0.25, -0.2) is 0 Å². The summed E-state index contributed by atoms with van der Waals surface area (Å²) in [7, 11) is 1.70. The molecule has 0 radical (unpaired) electrons. The molecule has 0 aliphatic carbocycles. The quantitative estimate of drug-likeness (QED) is 0.285. The molecule has 0 saturated carbocycles. The Kier molecular flexibility index (Phi) is 7.93. The monoisotopic (exact) mass is 231 g/mol. The van der Waals surface area contributed by atoms with Crippen LogP contribution in [-0.4, -0.2) is 48.3 Å². The molecule has 0 heterocycles. The number of hydrogen-bond acceptors (Lipinski definition) is 4. The zero-order valence-electron chi connectivity index (χ0n) is 10.8. The van der Waals surface area contributed by atoms with Crippen LogP contribution in [0.25, 0.3) is 0 Å². The number of oxime groups is 1. The Morgan fingerprint density at radius 1 is 1.44 bits per heavy atom. The molecular weight excluding hydrogens is 206 g/mol. The van der Waals surface area contributed by atoms with Crippen LogP contribution >= 0.6 is 0 Å². The lowest BCUT2D eigenvalue weighted by molar-refractivity contribution is 0.0959. The third-order valence-corrected chi connectivity index (χ3v) is 2.91. The van der Waals surface area contributed by atoms with Gasteiger partial charge in [0.1, 0.15) is 5.84 Å². The lowest BCUT2D eigenvalue weighted by Crippen LogP contribution is -2.43. The maximum absolute atomic E-state index is 8.56. The predicted molar refractivity (Wildman–Crippen MR) is 65.8 cm³/mol. The van der Waals surface area contributed by atoms with Gasteiger partial charge < -0.3 is 15.7 Å². The van der Waals surface area contributed by atoms with Gasteiger partial charge in [-0.05, 0) is 20.3 Å². The SMILES string of the molecule is CCC(C)N(CCOC)C(C)CC(N)=NO. The summed E-state index contributed by atoms with van der Waals surface area (Å²) in [4.78, 5) is 2.32. The molecule has 5 nitrogen and oxygen atoms in total. The highest BCUT2D eigenvalue weighted by Gasteiger charge is 2.19. The summed E-state index contributed by atoms with van der Waals surface area (Å²) in [6.07, 6.45) is 1.65. The molecule has 0 rings (SSSR count). The molecule has 0 fully saturated rings. The second kappa shape index (κ2) is 8.35. The Morgan fingerprint density at radius 2 is 2.06 bits per heavy atom. The molecule has 0 spiro atoms. The molecule has 0 aromatic heterocycles. The second-order valence-corrected chi connectivity index (χ2v) is 4.13. The first kappa shape index (κ1) is 15.2. The minimum absolute atomic E-state index is 0.251. The normalized spacial score (nSPS) is 16.4. The molecule has 3 N–H and O–H groups in total. The summed E-state index contributed by atoms with van der Waals surface area (Å²) in [6.45, 7) is 7.98. The van der Waals surface area contributed by atoms with Gasteiger partial charge in [-0.1, -0.05) is 12.1 Å². The van der Waals surface area contributed by atoms with E-state index < -0.39 is 0 Å². The Labute approximate surface area is 98.2 Å². The van der Waals surface area contributed by atoms with E-state index in [-0.39, 0.29) is 11.9 Å². The molecule has 2 atom stereocenters. The fraction of sp³-hybridized carbons (Fsp3) is 0.909. The van der Waals surface area contributed by atoms with Crippen LogP contribution in [-0.2, 0) is 4.74 Å². The number of nitrogens with zero attached hydrogens (tertiary/aromatic N) is 2. The summed E-state index contributed by atoms with van der Waals surface area (Å²) in [5, 5.41) is 11.6. The Bertz CT molecular complexity index is 209. The van der Waals surface area contributed by atoms with Gasteiger partial charge >= 0.3 is 0 Å². The smallest absolute Gasteiger partial charge is 0.140 e. The van der Waals surface area contributed by atoms with Crippen LogP contribution in [0.1, 0.15) is 33.6 Å². The standard InChI is InChI=1S/C11H25N3O2/c1-5-9(2)14(6-7-16-4)10(3)8-11(12)13-15/h9-10,15H,5-8H2,1-4H3,(H2,12,13). The average Bonchev–Trinajstić information content (AvgIpc) is 2.28. The van der Waals surface area contributed by atoms with E-state index in [0.717, 1.165) is 13.0 Å². The van der Waals surface area contributed by atoms with E-state index in [2.05, 4.69) is 30.8 Å². The van der Waals surface area contributed by atoms with Crippen molar-refractivity contribution in [1.82, 2.24) is 4.90 Å². The highest BCUT2D eigenvalue weighted by Crippen LogP contribution is 2.11. The zero-order chi connectivity index (χ0) is 12.6. The fourth-order valence-corrected chi connectivity index (χ4v) is 1.77. The van der Waals surface area contributed by atoms with Crippen molar-refractivity contribution in [2.75, 3.05) is 20.3 Å². The molecule has 0 saturated heterocycles. The lowest BCUT2D eigenvalue weighted by atomic mass is 10.1. The first-order valence-corrected chi connectivity index (χ1v) is 5.77. The van der Waals surface area contributed by atoms with E-state index in [4.69, 9.17) is 15.7 Å². The van der Waals surface area contributed by atoms with E-state index in [0.29, 0.717) is 19.1 Å². The van der Waals surface area contributed by atoms with Crippen LogP contribution in [0.4, 0.5) is 0 Å². The molecule has 0 aromatic rings. The number of amidine groups is 1. The molecule has 0 aliphatic rings. The van der Waals surface area contributed by atoms with Crippen molar-refractivity contribution in [3.63, 3.8) is 0 Å². The average molecular weight is 231 g/mol. The number of ether oxygens (including phenoxy) is 1. The molecule has 2 unspecified atom stereocenters. The van der Waals surface area contributed by atoms with Crippen molar-refractivity contribution in [2.24, 2.45) is 10.9 Å². The van der Waals surface area contributed by atoms with Gasteiger partial charge in [0, 0.05) is 32.2 Å². The lowest BCUT2D eigenvalue weighted by Gasteiger charge is -2.33. The first-order valence-electron chi connectivity index (χ1n) is 5.77. The fourth-order valence-electron chi connectivity index (χ4n) is 1.77. The highest BCUT2D eigenvalue weighted by atomic mass is 16.5. The molecule has 0 aromatic carbocycles. The van der Waals surface area contributed by atoms with E-state index in [1.165, 1.54) is 0 Å². The molecule has 0 amide bonds. The minimum atomic E-state index is 0.251. The van der Waals surface area contributed by atoms with Crippen LogP contribution in [0, 0.1) is 0 Å². The zero-order valence-corrected chi connectivity index (χ0v) is 10.8. The maximum atomic E-state index is 8.56. The summed E-state index contributed by atoms with van der Waals surface area (Å²) in [5.41, 5.74) is 5.52. The number of hydrogen-bond donors (Lipinski definition) is 2. The second-order valence-electron chi connectivity index (χ2n) is 4.13. The number of nitrogens with two attached hydrogens (primary N) is 1. The van der Waals surface area contributed by atoms with Gasteiger partial charge in [-0.15, -0.1) is 0 Å². The third-order valence-electron chi connectivity index (χ3n) is 2.91. The van der Waals surface area contributed by atoms with Gasteiger partial charge in [0.05, 0.1) is 6.61 Å². The van der Waals surface area contributed by atoms with Crippen LogP contribution in [0.2, 0.25) is 0 Å². The largest absolute Gasteiger partial charge is 0.409 e. The summed E-state index contributed by atoms with van der Waals surface area (Å²) >= 11 is 0.